The maximum absolute atomic E-state index is 13.1. The fourth-order valence-electron chi connectivity index (χ4n) is 3.66. The molecule has 0 unspecified atom stereocenters. The molecule has 0 saturated heterocycles. The van der Waals surface area contributed by atoms with Gasteiger partial charge in [-0.1, -0.05) is 35.5 Å². The van der Waals surface area contributed by atoms with E-state index in [9.17, 15) is 9.59 Å². The summed E-state index contributed by atoms with van der Waals surface area (Å²) >= 11 is 0. The lowest BCUT2D eigenvalue weighted by Crippen LogP contribution is -2.28. The maximum atomic E-state index is 13.1. The molecule has 0 radical (unpaired) electrons. The Morgan fingerprint density at radius 2 is 1.86 bits per heavy atom. The molecule has 0 atom stereocenters. The highest BCUT2D eigenvalue weighted by molar-refractivity contribution is 6.00. The van der Waals surface area contributed by atoms with Gasteiger partial charge in [0.15, 0.2) is 11.5 Å². The van der Waals surface area contributed by atoms with E-state index in [-0.39, 0.29) is 23.5 Å². The van der Waals surface area contributed by atoms with Gasteiger partial charge in [-0.05, 0) is 37.6 Å². The molecule has 0 N–H and O–H groups in total. The molecule has 4 aromatic rings. The molecule has 0 spiro atoms. The van der Waals surface area contributed by atoms with E-state index in [1.165, 1.54) is 6.92 Å². The average molecular weight is 388 g/mol. The maximum Gasteiger partial charge on any atom is 0.262 e. The largest absolute Gasteiger partial charge is 0.496 e. The number of aryl methyl sites for hydroxylation is 1. The van der Waals surface area contributed by atoms with Crippen molar-refractivity contribution in [2.75, 3.05) is 7.11 Å². The first-order chi connectivity index (χ1) is 14.0. The summed E-state index contributed by atoms with van der Waals surface area (Å²) in [4.78, 5) is 25.2. The lowest BCUT2D eigenvalue weighted by molar-refractivity contribution is 0.101. The van der Waals surface area contributed by atoms with Crippen LogP contribution in [0.15, 0.2) is 63.9 Å². The fourth-order valence-corrected chi connectivity index (χ4v) is 3.66. The second kappa shape index (κ2) is 7.39. The summed E-state index contributed by atoms with van der Waals surface area (Å²) in [5.74, 6) is 0.944. The summed E-state index contributed by atoms with van der Waals surface area (Å²) in [6, 6.07) is 16.8. The SMILES string of the molecule is COc1ccccc1-c1cc(Cn2c(=O)c(C(C)=O)c(C)c3ccccc32)on1. The van der Waals surface area contributed by atoms with Crippen LogP contribution in [0.1, 0.15) is 28.6 Å². The number of para-hydroxylation sites is 2. The van der Waals surface area contributed by atoms with Crippen LogP contribution in [0.3, 0.4) is 0 Å². The number of ketones is 1. The highest BCUT2D eigenvalue weighted by atomic mass is 16.5. The average Bonchev–Trinajstić information content (AvgIpc) is 3.19. The molecule has 2 aromatic heterocycles. The van der Waals surface area contributed by atoms with Gasteiger partial charge in [-0.25, -0.2) is 0 Å². The zero-order valence-corrected chi connectivity index (χ0v) is 16.4. The number of benzene rings is 2. The third kappa shape index (κ3) is 3.23. The van der Waals surface area contributed by atoms with Gasteiger partial charge < -0.3 is 9.26 Å². The summed E-state index contributed by atoms with van der Waals surface area (Å²) in [6.45, 7) is 3.39. The van der Waals surface area contributed by atoms with Gasteiger partial charge in [0.25, 0.3) is 5.56 Å². The van der Waals surface area contributed by atoms with Gasteiger partial charge in [0.1, 0.15) is 11.4 Å². The zero-order chi connectivity index (χ0) is 20.5. The molecule has 0 aliphatic carbocycles. The van der Waals surface area contributed by atoms with Crippen LogP contribution in [0.4, 0.5) is 0 Å². The van der Waals surface area contributed by atoms with Crippen molar-refractivity contribution in [2.24, 2.45) is 0 Å². The number of carbonyl (C=O) groups excluding carboxylic acids is 1. The highest BCUT2D eigenvalue weighted by Crippen LogP contribution is 2.29. The van der Waals surface area contributed by atoms with Crippen molar-refractivity contribution < 1.29 is 14.1 Å². The van der Waals surface area contributed by atoms with Crippen molar-refractivity contribution in [3.05, 3.63) is 81.8 Å². The number of methoxy groups -OCH3 is 1. The molecular formula is C23H20N2O4. The van der Waals surface area contributed by atoms with E-state index in [0.29, 0.717) is 22.8 Å². The lowest BCUT2D eigenvalue weighted by atomic mass is 10.0. The topological polar surface area (TPSA) is 74.3 Å². The van der Waals surface area contributed by atoms with Gasteiger partial charge >= 0.3 is 0 Å². The van der Waals surface area contributed by atoms with E-state index >= 15 is 0 Å². The Labute approximate surface area is 167 Å². The summed E-state index contributed by atoms with van der Waals surface area (Å²) in [5.41, 5.74) is 2.73. The van der Waals surface area contributed by atoms with Crippen LogP contribution >= 0.6 is 0 Å². The smallest absolute Gasteiger partial charge is 0.262 e. The number of rotatable bonds is 5. The van der Waals surface area contributed by atoms with Crippen molar-refractivity contribution in [3.8, 4) is 17.0 Å². The summed E-state index contributed by atoms with van der Waals surface area (Å²) in [7, 11) is 1.60. The highest BCUT2D eigenvalue weighted by Gasteiger charge is 2.19. The lowest BCUT2D eigenvalue weighted by Gasteiger charge is -2.13. The van der Waals surface area contributed by atoms with Crippen molar-refractivity contribution in [1.82, 2.24) is 9.72 Å². The van der Waals surface area contributed by atoms with Crippen LogP contribution in [0.5, 0.6) is 5.75 Å². The number of hydrogen-bond donors (Lipinski definition) is 0. The first-order valence-electron chi connectivity index (χ1n) is 9.23. The quantitative estimate of drug-likeness (QED) is 0.479. The van der Waals surface area contributed by atoms with Gasteiger partial charge in [-0.3, -0.25) is 14.2 Å². The van der Waals surface area contributed by atoms with E-state index in [1.54, 1.807) is 24.7 Å². The first-order valence-corrected chi connectivity index (χ1v) is 9.23. The van der Waals surface area contributed by atoms with Gasteiger partial charge in [-0.2, -0.15) is 0 Å². The molecular weight excluding hydrogens is 368 g/mol. The van der Waals surface area contributed by atoms with Crippen molar-refractivity contribution >= 4 is 16.7 Å². The third-order valence-electron chi connectivity index (χ3n) is 5.04. The normalized spacial score (nSPS) is 11.0. The van der Waals surface area contributed by atoms with Crippen LogP contribution in [-0.4, -0.2) is 22.6 Å². The van der Waals surface area contributed by atoms with Crippen molar-refractivity contribution in [3.63, 3.8) is 0 Å². The molecule has 2 aromatic carbocycles. The van der Waals surface area contributed by atoms with Crippen molar-refractivity contribution in [2.45, 2.75) is 20.4 Å². The number of nitrogens with zero attached hydrogens (tertiary/aromatic N) is 2. The minimum Gasteiger partial charge on any atom is -0.496 e. The molecule has 0 amide bonds. The monoisotopic (exact) mass is 388 g/mol. The van der Waals surface area contributed by atoms with Crippen LogP contribution < -0.4 is 10.3 Å². The number of pyridine rings is 1. The first kappa shape index (κ1) is 18.7. The van der Waals surface area contributed by atoms with Crippen LogP contribution in [0.2, 0.25) is 0 Å². The summed E-state index contributed by atoms with van der Waals surface area (Å²) in [6.07, 6.45) is 0. The van der Waals surface area contributed by atoms with Gasteiger partial charge in [-0.15, -0.1) is 0 Å². The molecule has 0 aliphatic heterocycles. The van der Waals surface area contributed by atoms with Crippen LogP contribution in [0, 0.1) is 6.92 Å². The van der Waals surface area contributed by atoms with E-state index in [4.69, 9.17) is 9.26 Å². The molecule has 0 saturated carbocycles. The Hall–Kier alpha value is -3.67. The molecule has 4 rings (SSSR count). The Kier molecular flexibility index (Phi) is 4.76. The molecule has 29 heavy (non-hydrogen) atoms. The minimum absolute atomic E-state index is 0.169. The van der Waals surface area contributed by atoms with E-state index < -0.39 is 0 Å². The molecule has 2 heterocycles. The van der Waals surface area contributed by atoms with Crippen LogP contribution in [-0.2, 0) is 6.54 Å². The molecule has 0 bridgehead atoms. The zero-order valence-electron chi connectivity index (χ0n) is 16.4. The second-order valence-corrected chi connectivity index (χ2v) is 6.84. The summed E-state index contributed by atoms with van der Waals surface area (Å²) in [5, 5.41) is 5.00. The van der Waals surface area contributed by atoms with Gasteiger partial charge in [0.2, 0.25) is 0 Å². The Morgan fingerprint density at radius 3 is 2.62 bits per heavy atom. The Morgan fingerprint density at radius 1 is 1.14 bits per heavy atom. The molecule has 6 heteroatoms. The third-order valence-corrected chi connectivity index (χ3v) is 5.04. The van der Waals surface area contributed by atoms with Crippen LogP contribution in [0.25, 0.3) is 22.2 Å². The van der Waals surface area contributed by atoms with E-state index in [1.807, 2.05) is 48.5 Å². The Balaban J connectivity index is 1.83. The predicted molar refractivity (Wildman–Crippen MR) is 111 cm³/mol. The Bertz CT molecular complexity index is 1280. The molecule has 6 nitrogen and oxygen atoms in total. The summed E-state index contributed by atoms with van der Waals surface area (Å²) < 4.78 is 12.5. The van der Waals surface area contributed by atoms with Gasteiger partial charge in [0.05, 0.1) is 24.7 Å². The molecule has 0 fully saturated rings. The van der Waals surface area contributed by atoms with Gasteiger partial charge in [0, 0.05) is 17.0 Å². The number of fused-ring (bicyclic) bond motifs is 1. The standard InChI is InChI=1S/C23H20N2O4/c1-14-17-8-4-6-10-20(17)25(23(27)22(14)15(2)26)13-16-12-19(24-29-16)18-9-5-7-11-21(18)28-3/h4-12H,13H2,1-3H3. The van der Waals surface area contributed by atoms with Crippen molar-refractivity contribution in [1.29, 1.82) is 0 Å². The number of hydrogen-bond acceptors (Lipinski definition) is 5. The second-order valence-electron chi connectivity index (χ2n) is 6.84. The molecule has 0 aliphatic rings. The predicted octanol–water partition coefficient (Wildman–Crippen LogP) is 4.22. The minimum atomic E-state index is -0.330. The molecule has 146 valence electrons. The van der Waals surface area contributed by atoms with E-state index in [0.717, 1.165) is 16.5 Å². The van der Waals surface area contributed by atoms with E-state index in [2.05, 4.69) is 5.16 Å². The number of carbonyl (C=O) groups is 1. The fraction of sp³-hybridized carbons (Fsp3) is 0.174. The number of Topliss-reactive ketones (excluding diaryl/α,β-unsaturated/α-hetero) is 1. The number of ether oxygens (including phenoxy) is 1. The number of aromatic nitrogens is 2.